The van der Waals surface area contributed by atoms with Crippen LogP contribution >= 0.6 is 0 Å². The number of hydrogen-bond donors (Lipinski definition) is 1. The fourth-order valence-corrected chi connectivity index (χ4v) is 3.04. The lowest BCUT2D eigenvalue weighted by molar-refractivity contribution is -0.114. The van der Waals surface area contributed by atoms with E-state index in [0.29, 0.717) is 12.0 Å². The minimum atomic E-state index is -0.314. The van der Waals surface area contributed by atoms with Gasteiger partial charge in [0, 0.05) is 37.0 Å². The molecule has 3 rings (SSSR count). The van der Waals surface area contributed by atoms with Crippen molar-refractivity contribution in [3.8, 4) is 0 Å². The van der Waals surface area contributed by atoms with Crippen LogP contribution in [0.5, 0.6) is 0 Å². The van der Waals surface area contributed by atoms with E-state index in [2.05, 4.69) is 21.9 Å². The molecule has 0 bridgehead atoms. The molecule has 2 aliphatic rings. The van der Waals surface area contributed by atoms with Crippen LogP contribution in [0.2, 0.25) is 0 Å². The standard InChI is InChI=1S/C16H21N3O/c17-16(20)14-11-13-5-1-2-6-15(13)19(12-14)10-9-18-7-3-4-8-18/h1-2,5-6,12H,3-4,7-11H2,(H2,17,20). The summed E-state index contributed by atoms with van der Waals surface area (Å²) in [5, 5.41) is 0. The predicted molar refractivity (Wildman–Crippen MR) is 80.4 cm³/mol. The molecule has 0 aromatic heterocycles. The summed E-state index contributed by atoms with van der Waals surface area (Å²) in [6.45, 7) is 4.34. The molecule has 0 unspecified atom stereocenters. The van der Waals surface area contributed by atoms with E-state index in [4.69, 9.17) is 5.73 Å². The van der Waals surface area contributed by atoms with Crippen molar-refractivity contribution >= 4 is 11.6 Å². The lowest BCUT2D eigenvalue weighted by Crippen LogP contribution is -2.34. The minimum absolute atomic E-state index is 0.314. The Hall–Kier alpha value is -1.81. The van der Waals surface area contributed by atoms with Crippen LogP contribution in [0.25, 0.3) is 0 Å². The van der Waals surface area contributed by atoms with E-state index < -0.39 is 0 Å². The van der Waals surface area contributed by atoms with Crippen LogP contribution in [0, 0.1) is 0 Å². The minimum Gasteiger partial charge on any atom is -0.366 e. The van der Waals surface area contributed by atoms with Crippen LogP contribution in [0.3, 0.4) is 0 Å². The molecule has 4 nitrogen and oxygen atoms in total. The predicted octanol–water partition coefficient (Wildman–Crippen LogP) is 1.51. The summed E-state index contributed by atoms with van der Waals surface area (Å²) in [7, 11) is 0. The number of hydrogen-bond acceptors (Lipinski definition) is 3. The van der Waals surface area contributed by atoms with E-state index in [0.717, 1.165) is 13.1 Å². The molecule has 2 N–H and O–H groups in total. The molecule has 2 aliphatic heterocycles. The highest BCUT2D eigenvalue weighted by Crippen LogP contribution is 2.28. The van der Waals surface area contributed by atoms with Crippen molar-refractivity contribution in [2.75, 3.05) is 31.1 Å². The Morgan fingerprint density at radius 2 is 1.90 bits per heavy atom. The lowest BCUT2D eigenvalue weighted by atomic mass is 9.99. The summed E-state index contributed by atoms with van der Waals surface area (Å²) in [5.41, 5.74) is 8.55. The highest BCUT2D eigenvalue weighted by molar-refractivity contribution is 5.94. The van der Waals surface area contributed by atoms with Gasteiger partial charge in [0.15, 0.2) is 0 Å². The van der Waals surface area contributed by atoms with Gasteiger partial charge in [-0.15, -0.1) is 0 Å². The number of rotatable bonds is 4. The Bertz CT molecular complexity index is 532. The van der Waals surface area contributed by atoms with Crippen LogP contribution in [-0.2, 0) is 11.2 Å². The number of carbonyl (C=O) groups excluding carboxylic acids is 1. The highest BCUT2D eigenvalue weighted by Gasteiger charge is 2.20. The zero-order valence-electron chi connectivity index (χ0n) is 11.7. The number of fused-ring (bicyclic) bond motifs is 1. The summed E-state index contributed by atoms with van der Waals surface area (Å²) in [6.07, 6.45) is 5.18. The first-order valence-electron chi connectivity index (χ1n) is 7.31. The molecule has 1 saturated heterocycles. The summed E-state index contributed by atoms with van der Waals surface area (Å²) in [6, 6.07) is 8.26. The van der Waals surface area contributed by atoms with Crippen molar-refractivity contribution in [3.63, 3.8) is 0 Å². The van der Waals surface area contributed by atoms with Crippen LogP contribution in [-0.4, -0.2) is 37.0 Å². The van der Waals surface area contributed by atoms with Gasteiger partial charge in [-0.1, -0.05) is 18.2 Å². The van der Waals surface area contributed by atoms with Gasteiger partial charge in [-0.05, 0) is 37.6 Å². The molecule has 1 fully saturated rings. The Morgan fingerprint density at radius 1 is 1.15 bits per heavy atom. The molecular formula is C16H21N3O. The van der Waals surface area contributed by atoms with E-state index in [1.54, 1.807) is 0 Å². The first-order valence-corrected chi connectivity index (χ1v) is 7.31. The van der Waals surface area contributed by atoms with Crippen molar-refractivity contribution in [1.29, 1.82) is 0 Å². The van der Waals surface area contributed by atoms with Crippen molar-refractivity contribution in [2.24, 2.45) is 5.73 Å². The lowest BCUT2D eigenvalue weighted by Gasteiger charge is -2.30. The van der Waals surface area contributed by atoms with Gasteiger partial charge < -0.3 is 15.5 Å². The number of nitrogens with two attached hydrogens (primary N) is 1. The Labute approximate surface area is 119 Å². The average Bonchev–Trinajstić information content (AvgIpc) is 2.97. The van der Waals surface area contributed by atoms with Gasteiger partial charge in [-0.3, -0.25) is 4.79 Å². The highest BCUT2D eigenvalue weighted by atomic mass is 16.1. The Morgan fingerprint density at radius 3 is 2.65 bits per heavy atom. The van der Waals surface area contributed by atoms with Gasteiger partial charge in [0.2, 0.25) is 5.91 Å². The van der Waals surface area contributed by atoms with Crippen LogP contribution < -0.4 is 10.6 Å². The van der Waals surface area contributed by atoms with Gasteiger partial charge in [0.25, 0.3) is 0 Å². The van der Waals surface area contributed by atoms with E-state index in [1.807, 2.05) is 18.3 Å². The van der Waals surface area contributed by atoms with Crippen molar-refractivity contribution in [3.05, 3.63) is 41.6 Å². The third-order valence-corrected chi connectivity index (χ3v) is 4.17. The summed E-state index contributed by atoms with van der Waals surface area (Å²) >= 11 is 0. The largest absolute Gasteiger partial charge is 0.366 e. The Balaban J connectivity index is 1.77. The first-order chi connectivity index (χ1) is 9.74. The monoisotopic (exact) mass is 271 g/mol. The van der Waals surface area contributed by atoms with Gasteiger partial charge in [-0.25, -0.2) is 0 Å². The van der Waals surface area contributed by atoms with Crippen molar-refractivity contribution < 1.29 is 4.79 Å². The molecule has 1 amide bonds. The molecule has 2 heterocycles. The molecule has 1 aromatic rings. The number of para-hydroxylation sites is 1. The molecule has 0 aliphatic carbocycles. The van der Waals surface area contributed by atoms with Crippen LogP contribution in [0.15, 0.2) is 36.0 Å². The zero-order valence-corrected chi connectivity index (χ0v) is 11.7. The summed E-state index contributed by atoms with van der Waals surface area (Å²) in [5.74, 6) is -0.314. The van der Waals surface area contributed by atoms with Crippen molar-refractivity contribution in [2.45, 2.75) is 19.3 Å². The first kappa shape index (κ1) is 13.2. The average molecular weight is 271 g/mol. The fourth-order valence-electron chi connectivity index (χ4n) is 3.04. The zero-order chi connectivity index (χ0) is 13.9. The van der Waals surface area contributed by atoms with E-state index in [9.17, 15) is 4.79 Å². The maximum absolute atomic E-state index is 11.5. The molecule has 4 heteroatoms. The van der Waals surface area contributed by atoms with Gasteiger partial charge in [0.05, 0.1) is 0 Å². The number of carbonyl (C=O) groups is 1. The van der Waals surface area contributed by atoms with E-state index >= 15 is 0 Å². The maximum Gasteiger partial charge on any atom is 0.246 e. The van der Waals surface area contributed by atoms with Gasteiger partial charge >= 0.3 is 0 Å². The SMILES string of the molecule is NC(=O)C1=CN(CCN2CCCC2)c2ccccc2C1. The van der Waals surface area contributed by atoms with Gasteiger partial charge in [0.1, 0.15) is 0 Å². The molecule has 0 spiro atoms. The maximum atomic E-state index is 11.5. The molecule has 0 atom stereocenters. The molecule has 106 valence electrons. The smallest absolute Gasteiger partial charge is 0.246 e. The number of primary amides is 1. The normalized spacial score (nSPS) is 18.8. The molecule has 0 radical (unpaired) electrons. The Kier molecular flexibility index (Phi) is 3.74. The van der Waals surface area contributed by atoms with E-state index in [-0.39, 0.29) is 5.91 Å². The number of likely N-dealkylation sites (tertiary alicyclic amines) is 1. The van der Waals surface area contributed by atoms with Crippen LogP contribution in [0.1, 0.15) is 18.4 Å². The fraction of sp³-hybridized carbons (Fsp3) is 0.438. The molecule has 20 heavy (non-hydrogen) atoms. The number of amides is 1. The third-order valence-electron chi connectivity index (χ3n) is 4.17. The molecule has 0 saturated carbocycles. The van der Waals surface area contributed by atoms with Crippen molar-refractivity contribution in [1.82, 2.24) is 4.90 Å². The summed E-state index contributed by atoms with van der Waals surface area (Å²) < 4.78 is 0. The number of nitrogens with zero attached hydrogens (tertiary/aromatic N) is 2. The number of benzene rings is 1. The molecule has 1 aromatic carbocycles. The van der Waals surface area contributed by atoms with E-state index in [1.165, 1.54) is 37.2 Å². The van der Waals surface area contributed by atoms with Crippen LogP contribution in [0.4, 0.5) is 5.69 Å². The third kappa shape index (κ3) is 2.70. The second-order valence-corrected chi connectivity index (χ2v) is 5.57. The quantitative estimate of drug-likeness (QED) is 0.903. The topological polar surface area (TPSA) is 49.6 Å². The summed E-state index contributed by atoms with van der Waals surface area (Å²) in [4.78, 5) is 16.1. The molecular weight excluding hydrogens is 250 g/mol. The number of anilines is 1. The second-order valence-electron chi connectivity index (χ2n) is 5.57. The second kappa shape index (κ2) is 5.67. The van der Waals surface area contributed by atoms with Gasteiger partial charge in [-0.2, -0.15) is 0 Å².